The Balaban J connectivity index is 1.88. The van der Waals surface area contributed by atoms with Gasteiger partial charge in [-0.3, -0.25) is 0 Å². The van der Waals surface area contributed by atoms with Crippen LogP contribution in [0.3, 0.4) is 0 Å². The highest BCUT2D eigenvalue weighted by Crippen LogP contribution is 2.26. The molecule has 18 heavy (non-hydrogen) atoms. The molecule has 0 aliphatic rings. The first-order valence-electron chi connectivity index (χ1n) is 5.67. The number of phenols is 1. The molecule has 2 aromatic rings. The number of oxazole rings is 1. The van der Waals surface area contributed by atoms with E-state index in [1.165, 1.54) is 7.11 Å². The zero-order chi connectivity index (χ0) is 13.0. The predicted molar refractivity (Wildman–Crippen MR) is 66.4 cm³/mol. The zero-order valence-corrected chi connectivity index (χ0v) is 10.4. The van der Waals surface area contributed by atoms with Crippen molar-refractivity contribution in [2.24, 2.45) is 0 Å². The van der Waals surface area contributed by atoms with Crippen LogP contribution in [0.25, 0.3) is 0 Å². The van der Waals surface area contributed by atoms with Crippen molar-refractivity contribution >= 4 is 0 Å². The topological polar surface area (TPSA) is 67.5 Å². The van der Waals surface area contributed by atoms with E-state index in [-0.39, 0.29) is 5.75 Å². The Labute approximate surface area is 105 Å². The number of hydrogen-bond donors (Lipinski definition) is 2. The van der Waals surface area contributed by atoms with Crippen LogP contribution in [0, 0.1) is 6.92 Å². The molecule has 1 heterocycles. The Morgan fingerprint density at radius 1 is 1.39 bits per heavy atom. The van der Waals surface area contributed by atoms with Crippen LogP contribution >= 0.6 is 0 Å². The normalized spacial score (nSPS) is 10.6. The quantitative estimate of drug-likeness (QED) is 0.847. The molecule has 0 saturated heterocycles. The van der Waals surface area contributed by atoms with Gasteiger partial charge in [0, 0.05) is 6.54 Å². The molecule has 0 unspecified atom stereocenters. The Hall–Kier alpha value is -2.01. The van der Waals surface area contributed by atoms with Crippen molar-refractivity contribution in [2.45, 2.75) is 20.0 Å². The van der Waals surface area contributed by atoms with Gasteiger partial charge < -0.3 is 19.6 Å². The molecule has 1 aromatic carbocycles. The first-order chi connectivity index (χ1) is 8.69. The van der Waals surface area contributed by atoms with Gasteiger partial charge in [0.2, 0.25) is 5.89 Å². The smallest absolute Gasteiger partial charge is 0.208 e. The van der Waals surface area contributed by atoms with E-state index in [9.17, 15) is 5.11 Å². The Bertz CT molecular complexity index is 523. The number of aromatic nitrogens is 1. The van der Waals surface area contributed by atoms with Crippen LogP contribution in [0.2, 0.25) is 0 Å². The lowest BCUT2D eigenvalue weighted by Gasteiger charge is -2.06. The average Bonchev–Trinajstić information content (AvgIpc) is 2.75. The van der Waals surface area contributed by atoms with Crippen LogP contribution in [0.4, 0.5) is 0 Å². The van der Waals surface area contributed by atoms with Crippen LogP contribution in [-0.4, -0.2) is 17.2 Å². The number of benzene rings is 1. The number of methoxy groups -OCH3 is 1. The molecule has 0 atom stereocenters. The lowest BCUT2D eigenvalue weighted by Crippen LogP contribution is -2.12. The van der Waals surface area contributed by atoms with Gasteiger partial charge in [-0.2, -0.15) is 0 Å². The fourth-order valence-electron chi connectivity index (χ4n) is 1.64. The second-order valence-corrected chi connectivity index (χ2v) is 3.97. The van der Waals surface area contributed by atoms with Crippen LogP contribution in [0.1, 0.15) is 17.2 Å². The fraction of sp³-hybridized carbons (Fsp3) is 0.308. The second kappa shape index (κ2) is 5.55. The predicted octanol–water partition coefficient (Wildman–Crippen LogP) is 1.99. The molecule has 1 aromatic heterocycles. The molecule has 0 bridgehead atoms. The number of rotatable bonds is 5. The van der Waals surface area contributed by atoms with Crippen molar-refractivity contribution in [1.82, 2.24) is 10.3 Å². The summed E-state index contributed by atoms with van der Waals surface area (Å²) in [5, 5.41) is 12.8. The van der Waals surface area contributed by atoms with Gasteiger partial charge in [0.25, 0.3) is 0 Å². The molecule has 2 rings (SSSR count). The molecule has 0 aliphatic heterocycles. The van der Waals surface area contributed by atoms with Crippen molar-refractivity contribution in [2.75, 3.05) is 7.11 Å². The monoisotopic (exact) mass is 248 g/mol. The van der Waals surface area contributed by atoms with Crippen molar-refractivity contribution in [3.63, 3.8) is 0 Å². The number of hydrogen-bond acceptors (Lipinski definition) is 5. The number of nitrogens with zero attached hydrogens (tertiary/aromatic N) is 1. The summed E-state index contributed by atoms with van der Waals surface area (Å²) in [5.41, 5.74) is 0.969. The van der Waals surface area contributed by atoms with E-state index < -0.39 is 0 Å². The second-order valence-electron chi connectivity index (χ2n) is 3.97. The van der Waals surface area contributed by atoms with E-state index in [1.54, 1.807) is 18.3 Å². The minimum absolute atomic E-state index is 0.142. The largest absolute Gasteiger partial charge is 0.504 e. The van der Waals surface area contributed by atoms with E-state index in [1.807, 2.05) is 13.0 Å². The molecule has 0 radical (unpaired) electrons. The highest BCUT2D eigenvalue weighted by Gasteiger charge is 2.03. The van der Waals surface area contributed by atoms with Gasteiger partial charge in [-0.15, -0.1) is 0 Å². The molecule has 0 aliphatic carbocycles. The summed E-state index contributed by atoms with van der Waals surface area (Å²) in [6.45, 7) is 3.04. The van der Waals surface area contributed by atoms with E-state index in [0.717, 1.165) is 11.3 Å². The third-order valence-electron chi connectivity index (χ3n) is 2.52. The number of ether oxygens (including phenoxy) is 1. The molecule has 0 saturated carbocycles. The number of nitrogens with one attached hydrogen (secondary N) is 1. The molecule has 5 nitrogen and oxygen atoms in total. The summed E-state index contributed by atoms with van der Waals surface area (Å²) in [6.07, 6.45) is 1.69. The Morgan fingerprint density at radius 3 is 2.83 bits per heavy atom. The average molecular weight is 248 g/mol. The summed E-state index contributed by atoms with van der Waals surface area (Å²) >= 11 is 0. The van der Waals surface area contributed by atoms with Gasteiger partial charge in [-0.05, 0) is 24.6 Å². The van der Waals surface area contributed by atoms with E-state index in [4.69, 9.17) is 9.15 Å². The SMILES string of the molecule is COc1ccc(CNCc2ncc(C)o2)cc1O. The van der Waals surface area contributed by atoms with Gasteiger partial charge >= 0.3 is 0 Å². The third-order valence-corrected chi connectivity index (χ3v) is 2.52. The van der Waals surface area contributed by atoms with Gasteiger partial charge in [0.1, 0.15) is 5.76 Å². The fourth-order valence-corrected chi connectivity index (χ4v) is 1.64. The maximum Gasteiger partial charge on any atom is 0.208 e. The minimum atomic E-state index is 0.142. The summed E-state index contributed by atoms with van der Waals surface area (Å²) in [5.74, 6) is 2.07. The van der Waals surface area contributed by atoms with Crippen molar-refractivity contribution < 1.29 is 14.3 Å². The number of phenolic OH excluding ortho intramolecular Hbond substituents is 1. The molecule has 96 valence electrons. The van der Waals surface area contributed by atoms with Crippen LogP contribution in [0.15, 0.2) is 28.8 Å². The standard InChI is InChI=1S/C13H16N2O3/c1-9-6-15-13(18-9)8-14-7-10-3-4-12(17-2)11(16)5-10/h3-6,14,16H,7-8H2,1-2H3. The summed E-state index contributed by atoms with van der Waals surface area (Å²) < 4.78 is 10.3. The summed E-state index contributed by atoms with van der Waals surface area (Å²) in [6, 6.07) is 5.31. The first-order valence-corrected chi connectivity index (χ1v) is 5.67. The van der Waals surface area contributed by atoms with Crippen molar-refractivity contribution in [3.05, 3.63) is 41.6 Å². The van der Waals surface area contributed by atoms with E-state index in [2.05, 4.69) is 10.3 Å². The van der Waals surface area contributed by atoms with Crippen molar-refractivity contribution in [3.8, 4) is 11.5 Å². The first kappa shape index (κ1) is 12.4. The van der Waals surface area contributed by atoms with Gasteiger partial charge in [0.15, 0.2) is 11.5 Å². The molecule has 2 N–H and O–H groups in total. The van der Waals surface area contributed by atoms with Crippen LogP contribution < -0.4 is 10.1 Å². The molecule has 0 fully saturated rings. The maximum absolute atomic E-state index is 9.63. The minimum Gasteiger partial charge on any atom is -0.504 e. The lowest BCUT2D eigenvalue weighted by atomic mass is 10.2. The van der Waals surface area contributed by atoms with Gasteiger partial charge in [-0.25, -0.2) is 4.98 Å². The molecular weight excluding hydrogens is 232 g/mol. The summed E-state index contributed by atoms with van der Waals surface area (Å²) in [4.78, 5) is 4.09. The van der Waals surface area contributed by atoms with Crippen LogP contribution in [0.5, 0.6) is 11.5 Å². The Morgan fingerprint density at radius 2 is 2.22 bits per heavy atom. The summed E-state index contributed by atoms with van der Waals surface area (Å²) in [7, 11) is 1.53. The molecule has 5 heteroatoms. The third kappa shape index (κ3) is 3.01. The van der Waals surface area contributed by atoms with Gasteiger partial charge in [-0.1, -0.05) is 6.07 Å². The van der Waals surface area contributed by atoms with E-state index in [0.29, 0.717) is 24.7 Å². The zero-order valence-electron chi connectivity index (χ0n) is 10.4. The molecular formula is C13H16N2O3. The number of aromatic hydroxyl groups is 1. The molecule has 0 amide bonds. The van der Waals surface area contributed by atoms with Crippen molar-refractivity contribution in [1.29, 1.82) is 0 Å². The highest BCUT2D eigenvalue weighted by molar-refractivity contribution is 5.41. The highest BCUT2D eigenvalue weighted by atomic mass is 16.5. The van der Waals surface area contributed by atoms with Crippen LogP contribution in [-0.2, 0) is 13.1 Å². The molecule has 0 spiro atoms. The van der Waals surface area contributed by atoms with Gasteiger partial charge in [0.05, 0.1) is 19.9 Å². The Kier molecular flexibility index (Phi) is 3.84. The lowest BCUT2D eigenvalue weighted by molar-refractivity contribution is 0.373. The van der Waals surface area contributed by atoms with E-state index >= 15 is 0 Å². The maximum atomic E-state index is 9.63. The number of aryl methyl sites for hydroxylation is 1.